The number of hydrogen-bond acceptors (Lipinski definition) is 7. The normalized spacial score (nSPS) is 26.8. The maximum atomic E-state index is 12.3. The molecule has 0 bridgehead atoms. The average molecular weight is 426 g/mol. The summed E-state index contributed by atoms with van der Waals surface area (Å²) in [6.45, 7) is 9.74. The third kappa shape index (κ3) is 5.92. The Labute approximate surface area is 178 Å². The molecule has 2 rings (SSSR count). The largest absolute Gasteiger partial charge is 0.412 e. The second-order valence-electron chi connectivity index (χ2n) is 8.33. The maximum Gasteiger partial charge on any atom is 0.412 e. The summed E-state index contributed by atoms with van der Waals surface area (Å²) < 4.78 is 16.6. The third-order valence-electron chi connectivity index (χ3n) is 5.41. The van der Waals surface area contributed by atoms with Crippen LogP contribution >= 0.6 is 0 Å². The quantitative estimate of drug-likeness (QED) is 0.471. The van der Waals surface area contributed by atoms with E-state index < -0.39 is 36.6 Å². The molecule has 8 nitrogen and oxygen atoms in total. The molecule has 1 aromatic rings. The molecule has 170 valence electrons. The molecule has 3 unspecified atom stereocenters. The van der Waals surface area contributed by atoms with E-state index in [1.807, 2.05) is 45.9 Å². The monoisotopic (exact) mass is 425 g/mol. The van der Waals surface area contributed by atoms with E-state index in [-0.39, 0.29) is 31.6 Å². The fraction of sp³-hybridized carbons (Fsp3) is 0.682. The second kappa shape index (κ2) is 11.1. The van der Waals surface area contributed by atoms with Crippen molar-refractivity contribution in [3.63, 3.8) is 0 Å². The number of rotatable bonds is 8. The molecule has 5 atom stereocenters. The van der Waals surface area contributed by atoms with E-state index in [0.717, 1.165) is 11.1 Å². The molecule has 1 heterocycles. The van der Waals surface area contributed by atoms with Crippen molar-refractivity contribution in [2.24, 2.45) is 5.92 Å². The molecule has 0 radical (unpaired) electrons. The Kier molecular flexibility index (Phi) is 9.06. The number of aliphatic hydroxyl groups is 3. The summed E-state index contributed by atoms with van der Waals surface area (Å²) in [5.74, 6) is 0.560. The van der Waals surface area contributed by atoms with E-state index in [1.54, 1.807) is 6.92 Å². The number of para-hydroxylation sites is 1. The molecule has 1 fully saturated rings. The minimum absolute atomic E-state index is 0.0406. The van der Waals surface area contributed by atoms with Crippen molar-refractivity contribution in [3.05, 3.63) is 29.3 Å². The number of ether oxygens (including phenoxy) is 3. The Morgan fingerprint density at radius 2 is 1.73 bits per heavy atom. The fourth-order valence-corrected chi connectivity index (χ4v) is 3.47. The zero-order valence-electron chi connectivity index (χ0n) is 18.4. The van der Waals surface area contributed by atoms with Crippen LogP contribution in [0.3, 0.4) is 0 Å². The van der Waals surface area contributed by atoms with Gasteiger partial charge in [-0.2, -0.15) is 0 Å². The van der Waals surface area contributed by atoms with Gasteiger partial charge in [0.25, 0.3) is 0 Å². The lowest BCUT2D eigenvalue weighted by Gasteiger charge is -2.40. The first-order chi connectivity index (χ1) is 14.2. The molecule has 1 saturated heterocycles. The van der Waals surface area contributed by atoms with Crippen LogP contribution in [0.4, 0.5) is 4.79 Å². The van der Waals surface area contributed by atoms with Crippen LogP contribution in [0.1, 0.15) is 57.6 Å². The van der Waals surface area contributed by atoms with E-state index in [2.05, 4.69) is 5.32 Å². The summed E-state index contributed by atoms with van der Waals surface area (Å²) in [5.41, 5.74) is 1.92. The summed E-state index contributed by atoms with van der Waals surface area (Å²) in [6.07, 6.45) is -4.61. The number of amides is 1. The molecule has 0 aliphatic carbocycles. The number of hydrogen-bond donors (Lipinski definition) is 4. The zero-order valence-corrected chi connectivity index (χ0v) is 18.4. The third-order valence-corrected chi connectivity index (χ3v) is 5.41. The molecule has 4 N–H and O–H groups in total. The van der Waals surface area contributed by atoms with Crippen molar-refractivity contribution in [1.29, 1.82) is 0 Å². The highest BCUT2D eigenvalue weighted by molar-refractivity contribution is 5.71. The van der Waals surface area contributed by atoms with Gasteiger partial charge >= 0.3 is 6.09 Å². The average Bonchev–Trinajstić information content (AvgIpc) is 2.70. The lowest BCUT2D eigenvalue weighted by Crippen LogP contribution is -2.55. The Morgan fingerprint density at radius 3 is 2.27 bits per heavy atom. The summed E-state index contributed by atoms with van der Waals surface area (Å²) in [5, 5.41) is 32.1. The van der Waals surface area contributed by atoms with Crippen molar-refractivity contribution in [1.82, 2.24) is 5.32 Å². The molecule has 0 saturated carbocycles. The first kappa shape index (κ1) is 24.6. The Bertz CT molecular complexity index is 666. The number of aliphatic hydroxyl groups excluding tert-OH is 3. The van der Waals surface area contributed by atoms with Gasteiger partial charge in [-0.15, -0.1) is 0 Å². The van der Waals surface area contributed by atoms with Gasteiger partial charge < -0.3 is 34.8 Å². The van der Waals surface area contributed by atoms with Crippen LogP contribution in [0.5, 0.6) is 5.75 Å². The van der Waals surface area contributed by atoms with Crippen LogP contribution in [0.2, 0.25) is 0 Å². The molecule has 1 aliphatic rings. The lowest BCUT2D eigenvalue weighted by molar-refractivity contribution is -0.287. The molecule has 0 aromatic heterocycles. The van der Waals surface area contributed by atoms with E-state index in [0.29, 0.717) is 5.75 Å². The molecule has 0 spiro atoms. The van der Waals surface area contributed by atoms with Gasteiger partial charge in [-0.05, 0) is 23.0 Å². The first-order valence-electron chi connectivity index (χ1n) is 10.5. The second-order valence-corrected chi connectivity index (χ2v) is 8.33. The molecule has 1 aromatic carbocycles. The summed E-state index contributed by atoms with van der Waals surface area (Å²) in [4.78, 5) is 12.3. The van der Waals surface area contributed by atoms with Gasteiger partial charge in [-0.3, -0.25) is 0 Å². The van der Waals surface area contributed by atoms with E-state index in [1.165, 1.54) is 0 Å². The molecular weight excluding hydrogens is 390 g/mol. The predicted molar refractivity (Wildman–Crippen MR) is 112 cm³/mol. The van der Waals surface area contributed by atoms with E-state index in [9.17, 15) is 20.1 Å². The van der Waals surface area contributed by atoms with Gasteiger partial charge in [0.05, 0.1) is 25.4 Å². The lowest BCUT2D eigenvalue weighted by atomic mass is 9.91. The van der Waals surface area contributed by atoms with Crippen LogP contribution in [0.25, 0.3) is 0 Å². The Hall–Kier alpha value is -1.71. The Balaban J connectivity index is 1.89. The number of benzene rings is 1. The van der Waals surface area contributed by atoms with E-state index >= 15 is 0 Å². The SMILES string of the molecule is CC(C)c1cccc(C(C)C)c1OC(=O)NCCOC1OC(CO)[C@@H](C)C(O)[C@H]1O. The molecular formula is C22H35NO7. The number of nitrogens with one attached hydrogen (secondary N) is 1. The number of carbonyl (C=O) groups excluding carboxylic acids is 1. The van der Waals surface area contributed by atoms with Crippen molar-refractivity contribution in [2.45, 2.75) is 71.1 Å². The summed E-state index contributed by atoms with van der Waals surface area (Å²) >= 11 is 0. The smallest absolute Gasteiger partial charge is 0.410 e. The highest BCUT2D eigenvalue weighted by atomic mass is 16.7. The van der Waals surface area contributed by atoms with Crippen LogP contribution < -0.4 is 10.1 Å². The molecule has 30 heavy (non-hydrogen) atoms. The van der Waals surface area contributed by atoms with Crippen molar-refractivity contribution < 1.29 is 34.3 Å². The van der Waals surface area contributed by atoms with Gasteiger partial charge in [0.15, 0.2) is 6.29 Å². The Morgan fingerprint density at radius 1 is 1.13 bits per heavy atom. The topological polar surface area (TPSA) is 117 Å². The standard InChI is InChI=1S/C22H35NO7/c1-12(2)15-7-6-8-16(13(3)4)20(15)30-22(27)23-9-10-28-21-19(26)18(25)14(5)17(11-24)29-21/h6-8,12-14,17-19,21,24-26H,9-11H2,1-5H3,(H,23,27)/t14-,17?,18?,19-,21?/m1/s1. The van der Waals surface area contributed by atoms with Crippen LogP contribution in [-0.2, 0) is 9.47 Å². The van der Waals surface area contributed by atoms with Crippen LogP contribution in [0, 0.1) is 5.92 Å². The highest BCUT2D eigenvalue weighted by Gasteiger charge is 2.42. The van der Waals surface area contributed by atoms with Gasteiger partial charge in [-0.1, -0.05) is 52.8 Å². The molecule has 1 amide bonds. The van der Waals surface area contributed by atoms with Crippen LogP contribution in [0.15, 0.2) is 18.2 Å². The number of carbonyl (C=O) groups is 1. The van der Waals surface area contributed by atoms with E-state index in [4.69, 9.17) is 14.2 Å². The molecule has 8 heteroatoms. The molecule has 1 aliphatic heterocycles. The summed E-state index contributed by atoms with van der Waals surface area (Å²) in [6, 6.07) is 5.87. The first-order valence-corrected chi connectivity index (χ1v) is 10.5. The predicted octanol–water partition coefficient (Wildman–Crippen LogP) is 2.11. The minimum atomic E-state index is -1.23. The van der Waals surface area contributed by atoms with Crippen molar-refractivity contribution >= 4 is 6.09 Å². The van der Waals surface area contributed by atoms with Gasteiger partial charge in [0.1, 0.15) is 11.9 Å². The summed E-state index contributed by atoms with van der Waals surface area (Å²) in [7, 11) is 0. The van der Waals surface area contributed by atoms with Crippen LogP contribution in [-0.4, -0.2) is 65.8 Å². The fourth-order valence-electron chi connectivity index (χ4n) is 3.47. The van der Waals surface area contributed by atoms with Gasteiger partial charge in [-0.25, -0.2) is 4.79 Å². The van der Waals surface area contributed by atoms with Crippen molar-refractivity contribution in [3.8, 4) is 5.75 Å². The minimum Gasteiger partial charge on any atom is -0.410 e. The highest BCUT2D eigenvalue weighted by Crippen LogP contribution is 2.34. The van der Waals surface area contributed by atoms with Gasteiger partial charge in [0.2, 0.25) is 0 Å². The zero-order chi connectivity index (χ0) is 22.4. The maximum absolute atomic E-state index is 12.3. The van der Waals surface area contributed by atoms with Crippen molar-refractivity contribution in [2.75, 3.05) is 19.8 Å². The van der Waals surface area contributed by atoms with Gasteiger partial charge in [0, 0.05) is 12.5 Å².